The standard InChI is InChI=1S/C21H24ClN3O4S/c1-13(20(26)23-17-12-15(28-3)6-8-19(17)29-4)30-21-24-16-11-14(22)5-7-18(16)25(21)9-10-27-2/h5-8,11-13H,9-10H2,1-4H3,(H,23,26). The molecule has 0 aliphatic rings. The van der Waals surface area contributed by atoms with E-state index >= 15 is 0 Å². The van der Waals surface area contributed by atoms with Gasteiger partial charge in [0.25, 0.3) is 0 Å². The fraction of sp³-hybridized carbons (Fsp3) is 0.333. The molecule has 0 saturated heterocycles. The van der Waals surface area contributed by atoms with Gasteiger partial charge in [-0.15, -0.1) is 0 Å². The summed E-state index contributed by atoms with van der Waals surface area (Å²) in [4.78, 5) is 17.5. The van der Waals surface area contributed by atoms with Crippen LogP contribution in [0.4, 0.5) is 5.69 Å². The minimum absolute atomic E-state index is 0.171. The number of methoxy groups -OCH3 is 3. The third-order valence-corrected chi connectivity index (χ3v) is 5.84. The largest absolute Gasteiger partial charge is 0.497 e. The summed E-state index contributed by atoms with van der Waals surface area (Å²) in [6.07, 6.45) is 0. The number of anilines is 1. The lowest BCUT2D eigenvalue weighted by Crippen LogP contribution is -2.23. The maximum Gasteiger partial charge on any atom is 0.237 e. The molecule has 3 aromatic rings. The Morgan fingerprint density at radius 3 is 2.70 bits per heavy atom. The number of nitrogens with one attached hydrogen (secondary N) is 1. The molecule has 1 N–H and O–H groups in total. The van der Waals surface area contributed by atoms with Crippen LogP contribution in [0.25, 0.3) is 11.0 Å². The molecular formula is C21H24ClN3O4S. The number of hydrogen-bond donors (Lipinski definition) is 1. The molecule has 1 amide bonds. The summed E-state index contributed by atoms with van der Waals surface area (Å²) in [6.45, 7) is 2.98. The van der Waals surface area contributed by atoms with Crippen molar-refractivity contribution >= 4 is 46.0 Å². The van der Waals surface area contributed by atoms with Crippen LogP contribution in [0.15, 0.2) is 41.6 Å². The van der Waals surface area contributed by atoms with E-state index in [1.54, 1.807) is 39.5 Å². The number of nitrogens with zero attached hydrogens (tertiary/aromatic N) is 2. The van der Waals surface area contributed by atoms with Gasteiger partial charge in [-0.2, -0.15) is 0 Å². The number of carbonyl (C=O) groups excluding carboxylic acids is 1. The minimum atomic E-state index is -0.408. The maximum atomic E-state index is 12.9. The smallest absolute Gasteiger partial charge is 0.237 e. The topological polar surface area (TPSA) is 74.6 Å². The van der Waals surface area contributed by atoms with E-state index in [0.717, 1.165) is 16.2 Å². The molecule has 2 aromatic carbocycles. The third-order valence-electron chi connectivity index (χ3n) is 4.51. The Morgan fingerprint density at radius 1 is 1.20 bits per heavy atom. The Labute approximate surface area is 184 Å². The van der Waals surface area contributed by atoms with Crippen molar-refractivity contribution in [3.8, 4) is 11.5 Å². The van der Waals surface area contributed by atoms with Gasteiger partial charge in [0.2, 0.25) is 5.91 Å². The van der Waals surface area contributed by atoms with Crippen LogP contribution < -0.4 is 14.8 Å². The SMILES string of the molecule is COCCn1c(SC(C)C(=O)Nc2cc(OC)ccc2OC)nc2cc(Cl)ccc21. The van der Waals surface area contributed by atoms with Gasteiger partial charge in [-0.05, 0) is 37.3 Å². The van der Waals surface area contributed by atoms with E-state index in [9.17, 15) is 4.79 Å². The van der Waals surface area contributed by atoms with Gasteiger partial charge in [-0.1, -0.05) is 23.4 Å². The number of halogens is 1. The molecule has 0 bridgehead atoms. The summed E-state index contributed by atoms with van der Waals surface area (Å²) in [5, 5.41) is 3.85. The van der Waals surface area contributed by atoms with Crippen LogP contribution in [0.1, 0.15) is 6.92 Å². The van der Waals surface area contributed by atoms with Crippen molar-refractivity contribution in [3.63, 3.8) is 0 Å². The van der Waals surface area contributed by atoms with Crippen molar-refractivity contribution in [2.45, 2.75) is 23.9 Å². The molecule has 0 saturated carbocycles. The van der Waals surface area contributed by atoms with Crippen LogP contribution in [0.3, 0.4) is 0 Å². The highest BCUT2D eigenvalue weighted by molar-refractivity contribution is 8.00. The Bertz CT molecular complexity index is 1040. The summed E-state index contributed by atoms with van der Waals surface area (Å²) in [7, 11) is 4.78. The Morgan fingerprint density at radius 2 is 2.00 bits per heavy atom. The molecule has 160 valence electrons. The van der Waals surface area contributed by atoms with Crippen LogP contribution in [-0.2, 0) is 16.1 Å². The summed E-state index contributed by atoms with van der Waals surface area (Å²) in [5.41, 5.74) is 2.28. The van der Waals surface area contributed by atoms with Gasteiger partial charge in [0.15, 0.2) is 5.16 Å². The number of ether oxygens (including phenoxy) is 3. The number of benzene rings is 2. The van der Waals surface area contributed by atoms with E-state index in [4.69, 9.17) is 25.8 Å². The van der Waals surface area contributed by atoms with Crippen LogP contribution >= 0.6 is 23.4 Å². The van der Waals surface area contributed by atoms with Crippen molar-refractivity contribution in [3.05, 3.63) is 41.4 Å². The second-order valence-electron chi connectivity index (χ2n) is 6.49. The average Bonchev–Trinajstić information content (AvgIpc) is 3.07. The molecule has 1 atom stereocenters. The third kappa shape index (κ3) is 5.00. The minimum Gasteiger partial charge on any atom is -0.497 e. The second kappa shape index (κ2) is 10.1. The number of imidazole rings is 1. The molecule has 0 aliphatic carbocycles. The lowest BCUT2D eigenvalue weighted by molar-refractivity contribution is -0.115. The van der Waals surface area contributed by atoms with Gasteiger partial charge < -0.3 is 24.1 Å². The van der Waals surface area contributed by atoms with Crippen LogP contribution in [0.5, 0.6) is 11.5 Å². The number of thioether (sulfide) groups is 1. The number of carbonyl (C=O) groups is 1. The number of amides is 1. The molecule has 7 nitrogen and oxygen atoms in total. The molecular weight excluding hydrogens is 426 g/mol. The molecule has 1 unspecified atom stereocenters. The highest BCUT2D eigenvalue weighted by Crippen LogP contribution is 2.32. The number of rotatable bonds is 9. The summed E-state index contributed by atoms with van der Waals surface area (Å²) < 4.78 is 17.8. The molecule has 1 heterocycles. The van der Waals surface area contributed by atoms with Crippen molar-refractivity contribution < 1.29 is 19.0 Å². The molecule has 3 rings (SSSR count). The lowest BCUT2D eigenvalue weighted by Gasteiger charge is -2.15. The first-order chi connectivity index (χ1) is 14.5. The summed E-state index contributed by atoms with van der Waals surface area (Å²) in [6, 6.07) is 10.8. The fourth-order valence-electron chi connectivity index (χ4n) is 2.93. The first-order valence-electron chi connectivity index (χ1n) is 9.31. The van der Waals surface area contributed by atoms with E-state index < -0.39 is 5.25 Å². The van der Waals surface area contributed by atoms with E-state index in [1.165, 1.54) is 11.8 Å². The van der Waals surface area contributed by atoms with E-state index in [1.807, 2.05) is 29.7 Å². The van der Waals surface area contributed by atoms with Crippen molar-refractivity contribution in [2.75, 3.05) is 33.3 Å². The highest BCUT2D eigenvalue weighted by atomic mass is 35.5. The first kappa shape index (κ1) is 22.3. The Balaban J connectivity index is 1.82. The lowest BCUT2D eigenvalue weighted by atomic mass is 10.2. The van der Waals surface area contributed by atoms with Gasteiger partial charge in [-0.3, -0.25) is 4.79 Å². The zero-order valence-corrected chi connectivity index (χ0v) is 18.8. The van der Waals surface area contributed by atoms with Gasteiger partial charge in [0, 0.05) is 24.7 Å². The fourth-order valence-corrected chi connectivity index (χ4v) is 4.04. The normalized spacial score (nSPS) is 12.0. The zero-order chi connectivity index (χ0) is 21.7. The Hall–Kier alpha value is -2.42. The second-order valence-corrected chi connectivity index (χ2v) is 8.23. The van der Waals surface area contributed by atoms with E-state index in [-0.39, 0.29) is 5.91 Å². The monoisotopic (exact) mass is 449 g/mol. The van der Waals surface area contributed by atoms with E-state index in [0.29, 0.717) is 35.4 Å². The molecule has 1 aromatic heterocycles. The molecule has 0 radical (unpaired) electrons. The summed E-state index contributed by atoms with van der Waals surface area (Å²) >= 11 is 7.49. The summed E-state index contributed by atoms with van der Waals surface area (Å²) in [5.74, 6) is 1.02. The molecule has 30 heavy (non-hydrogen) atoms. The zero-order valence-electron chi connectivity index (χ0n) is 17.3. The molecule has 9 heteroatoms. The van der Waals surface area contributed by atoms with Crippen molar-refractivity contribution in [1.29, 1.82) is 0 Å². The van der Waals surface area contributed by atoms with Gasteiger partial charge in [0.1, 0.15) is 11.5 Å². The number of hydrogen-bond acceptors (Lipinski definition) is 6. The highest BCUT2D eigenvalue weighted by Gasteiger charge is 2.21. The maximum absolute atomic E-state index is 12.9. The quantitative estimate of drug-likeness (QED) is 0.486. The predicted octanol–water partition coefficient (Wildman–Crippen LogP) is 4.47. The molecule has 0 aliphatic heterocycles. The van der Waals surface area contributed by atoms with Gasteiger partial charge in [0.05, 0.1) is 42.8 Å². The van der Waals surface area contributed by atoms with Gasteiger partial charge in [-0.25, -0.2) is 4.98 Å². The Kier molecular flexibility index (Phi) is 7.47. The van der Waals surface area contributed by atoms with Crippen LogP contribution in [-0.4, -0.2) is 48.6 Å². The van der Waals surface area contributed by atoms with Crippen LogP contribution in [0.2, 0.25) is 5.02 Å². The van der Waals surface area contributed by atoms with Gasteiger partial charge >= 0.3 is 0 Å². The van der Waals surface area contributed by atoms with Crippen molar-refractivity contribution in [1.82, 2.24) is 9.55 Å². The molecule has 0 fully saturated rings. The average molecular weight is 450 g/mol. The molecule has 0 spiro atoms. The van der Waals surface area contributed by atoms with E-state index in [2.05, 4.69) is 10.3 Å². The number of aromatic nitrogens is 2. The first-order valence-corrected chi connectivity index (χ1v) is 10.6. The number of fused-ring (bicyclic) bond motifs is 1. The van der Waals surface area contributed by atoms with Crippen LogP contribution in [0, 0.1) is 0 Å². The van der Waals surface area contributed by atoms with Crippen molar-refractivity contribution in [2.24, 2.45) is 0 Å². The predicted molar refractivity (Wildman–Crippen MR) is 120 cm³/mol.